The quantitative estimate of drug-likeness (QED) is 0.0615. The minimum atomic E-state index is -0.591. The van der Waals surface area contributed by atoms with Gasteiger partial charge in [-0.1, -0.05) is 75.9 Å². The molecule has 0 heterocycles. The van der Waals surface area contributed by atoms with Crippen LogP contribution < -0.4 is 14.2 Å². The Morgan fingerprint density at radius 2 is 1.40 bits per heavy atom. The van der Waals surface area contributed by atoms with Crippen LogP contribution in [0.3, 0.4) is 0 Å². The lowest BCUT2D eigenvalue weighted by Gasteiger charge is -2.13. The molecule has 0 amide bonds. The maximum atomic E-state index is 13.1. The van der Waals surface area contributed by atoms with Crippen molar-refractivity contribution in [3.63, 3.8) is 0 Å². The minimum Gasteiger partial charge on any atom is -0.493 e. The second kappa shape index (κ2) is 18.8. The van der Waals surface area contributed by atoms with Crippen molar-refractivity contribution in [2.45, 2.75) is 58.5 Å². The highest BCUT2D eigenvalue weighted by atomic mass is 16.5. The molecule has 8 nitrogen and oxygen atoms in total. The van der Waals surface area contributed by atoms with Gasteiger partial charge in [-0.05, 0) is 54.4 Å². The topological polar surface area (TPSA) is 97.4 Å². The largest absolute Gasteiger partial charge is 0.493 e. The van der Waals surface area contributed by atoms with E-state index < -0.39 is 17.9 Å². The highest BCUT2D eigenvalue weighted by Gasteiger charge is 2.18. The van der Waals surface area contributed by atoms with Gasteiger partial charge in [0.25, 0.3) is 0 Å². The van der Waals surface area contributed by atoms with Gasteiger partial charge in [0.15, 0.2) is 0 Å². The van der Waals surface area contributed by atoms with Crippen molar-refractivity contribution in [3.8, 4) is 17.2 Å². The molecular weight excluding hydrogens is 548 g/mol. The first-order valence-corrected chi connectivity index (χ1v) is 14.7. The van der Waals surface area contributed by atoms with Crippen LogP contribution in [0.5, 0.6) is 17.2 Å². The van der Waals surface area contributed by atoms with Crippen LogP contribution in [0.25, 0.3) is 0 Å². The summed E-state index contributed by atoms with van der Waals surface area (Å²) in [5.41, 5.74) is 1.36. The van der Waals surface area contributed by atoms with Crippen LogP contribution in [-0.2, 0) is 20.9 Å². The number of carbonyl (C=O) groups is 3. The van der Waals surface area contributed by atoms with E-state index in [0.717, 1.165) is 30.9 Å². The van der Waals surface area contributed by atoms with E-state index >= 15 is 0 Å². The van der Waals surface area contributed by atoms with Crippen LogP contribution >= 0.6 is 0 Å². The van der Waals surface area contributed by atoms with Crippen LogP contribution in [0.15, 0.2) is 85.5 Å². The van der Waals surface area contributed by atoms with Gasteiger partial charge in [-0.25, -0.2) is 14.4 Å². The Hall–Kier alpha value is -4.59. The van der Waals surface area contributed by atoms with Crippen LogP contribution in [0.4, 0.5) is 0 Å². The van der Waals surface area contributed by atoms with Gasteiger partial charge in [-0.2, -0.15) is 0 Å². The molecule has 0 fully saturated rings. The lowest BCUT2D eigenvalue weighted by atomic mass is 10.1. The van der Waals surface area contributed by atoms with E-state index in [4.69, 9.17) is 23.7 Å². The molecule has 0 bridgehead atoms. The highest BCUT2D eigenvalue weighted by Crippen LogP contribution is 2.27. The molecule has 0 atom stereocenters. The Morgan fingerprint density at radius 3 is 2.14 bits per heavy atom. The van der Waals surface area contributed by atoms with Crippen molar-refractivity contribution >= 4 is 17.9 Å². The maximum Gasteiger partial charge on any atom is 0.343 e. The Bertz CT molecular complexity index is 1300. The van der Waals surface area contributed by atoms with E-state index in [1.165, 1.54) is 25.3 Å². The first-order chi connectivity index (χ1) is 21.0. The molecule has 0 aliphatic rings. The molecule has 0 saturated carbocycles. The Kier molecular flexibility index (Phi) is 14.4. The fraction of sp³-hybridized carbons (Fsp3) is 0.343. The molecule has 3 rings (SSSR count). The van der Waals surface area contributed by atoms with E-state index in [-0.39, 0.29) is 24.5 Å². The van der Waals surface area contributed by atoms with Crippen molar-refractivity contribution in [2.75, 3.05) is 19.8 Å². The van der Waals surface area contributed by atoms with E-state index in [2.05, 4.69) is 13.5 Å². The maximum absolute atomic E-state index is 13.1. The third kappa shape index (κ3) is 12.0. The van der Waals surface area contributed by atoms with E-state index in [1.54, 1.807) is 36.4 Å². The second-order valence-electron chi connectivity index (χ2n) is 9.82. The van der Waals surface area contributed by atoms with Crippen molar-refractivity contribution < 1.29 is 38.1 Å². The fourth-order valence-electron chi connectivity index (χ4n) is 4.06. The summed E-state index contributed by atoms with van der Waals surface area (Å²) in [4.78, 5) is 37.0. The smallest absolute Gasteiger partial charge is 0.343 e. The lowest BCUT2D eigenvalue weighted by molar-refractivity contribution is -0.137. The first kappa shape index (κ1) is 32.9. The molecule has 0 aliphatic heterocycles. The Morgan fingerprint density at radius 1 is 0.698 bits per heavy atom. The molecule has 0 radical (unpaired) electrons. The van der Waals surface area contributed by atoms with Crippen molar-refractivity contribution in [1.82, 2.24) is 0 Å². The normalized spacial score (nSPS) is 10.4. The molecule has 0 aliphatic carbocycles. The van der Waals surface area contributed by atoms with Crippen LogP contribution in [0, 0.1) is 0 Å². The standard InChI is InChI=1S/C35H40O8/c1-3-5-6-7-8-12-22-40-32-21-20-30(25-31(32)35(38)42-26-27-14-10-9-11-15-27)43-34(37)28-16-18-29(19-17-28)39-23-13-24-41-33(36)4-2/h4,9-11,14-21,25H,2-3,5-8,12-13,22-24,26H2,1H3. The van der Waals surface area contributed by atoms with Crippen molar-refractivity contribution in [3.05, 3.63) is 102 Å². The van der Waals surface area contributed by atoms with Crippen LogP contribution in [0.2, 0.25) is 0 Å². The highest BCUT2D eigenvalue weighted by molar-refractivity contribution is 5.94. The van der Waals surface area contributed by atoms with Crippen LogP contribution in [0.1, 0.15) is 78.1 Å². The second-order valence-corrected chi connectivity index (χ2v) is 9.82. The van der Waals surface area contributed by atoms with Gasteiger partial charge < -0.3 is 23.7 Å². The number of esters is 3. The zero-order valence-corrected chi connectivity index (χ0v) is 24.8. The molecule has 3 aromatic rings. The Balaban J connectivity index is 1.60. The number of carbonyl (C=O) groups excluding carboxylic acids is 3. The van der Waals surface area contributed by atoms with E-state index in [1.807, 2.05) is 30.3 Å². The molecule has 0 N–H and O–H groups in total. The molecule has 0 spiro atoms. The van der Waals surface area contributed by atoms with Gasteiger partial charge in [-0.15, -0.1) is 0 Å². The molecule has 0 aromatic heterocycles. The van der Waals surface area contributed by atoms with Crippen molar-refractivity contribution in [2.24, 2.45) is 0 Å². The predicted molar refractivity (Wildman–Crippen MR) is 164 cm³/mol. The van der Waals surface area contributed by atoms with Gasteiger partial charge in [0.1, 0.15) is 29.4 Å². The number of unbranched alkanes of at least 4 members (excludes halogenated alkanes) is 5. The van der Waals surface area contributed by atoms with Crippen molar-refractivity contribution in [1.29, 1.82) is 0 Å². The SMILES string of the molecule is C=CC(=O)OCCCOc1ccc(C(=O)Oc2ccc(OCCCCCCCC)c(C(=O)OCc3ccccc3)c2)cc1. The number of rotatable bonds is 19. The average molecular weight is 589 g/mol. The summed E-state index contributed by atoms with van der Waals surface area (Å²) in [5, 5.41) is 0. The fourth-order valence-corrected chi connectivity index (χ4v) is 4.06. The minimum absolute atomic E-state index is 0.106. The lowest BCUT2D eigenvalue weighted by Crippen LogP contribution is -2.12. The summed E-state index contributed by atoms with van der Waals surface area (Å²) in [6, 6.07) is 20.6. The summed E-state index contributed by atoms with van der Waals surface area (Å²) >= 11 is 0. The third-order valence-corrected chi connectivity index (χ3v) is 6.41. The number of hydrogen-bond donors (Lipinski definition) is 0. The molecule has 0 unspecified atom stereocenters. The van der Waals surface area contributed by atoms with E-state index in [9.17, 15) is 14.4 Å². The summed E-state index contributed by atoms with van der Waals surface area (Å²) < 4.78 is 27.6. The molecule has 3 aromatic carbocycles. The zero-order chi connectivity index (χ0) is 30.7. The molecule has 0 saturated heterocycles. The summed E-state index contributed by atoms with van der Waals surface area (Å²) in [5.74, 6) is -0.505. The van der Waals surface area contributed by atoms with Gasteiger partial charge in [0, 0.05) is 12.5 Å². The van der Waals surface area contributed by atoms with E-state index in [0.29, 0.717) is 36.7 Å². The number of hydrogen-bond acceptors (Lipinski definition) is 8. The van der Waals surface area contributed by atoms with Gasteiger partial charge in [-0.3, -0.25) is 0 Å². The molecular formula is C35H40O8. The molecule has 43 heavy (non-hydrogen) atoms. The molecule has 228 valence electrons. The average Bonchev–Trinajstić information content (AvgIpc) is 3.04. The number of ether oxygens (including phenoxy) is 5. The predicted octanol–water partition coefficient (Wildman–Crippen LogP) is 7.50. The monoisotopic (exact) mass is 588 g/mol. The van der Waals surface area contributed by atoms with Gasteiger partial charge >= 0.3 is 17.9 Å². The van der Waals surface area contributed by atoms with Gasteiger partial charge in [0.2, 0.25) is 0 Å². The first-order valence-electron chi connectivity index (χ1n) is 14.7. The summed E-state index contributed by atoms with van der Waals surface area (Å²) in [6.45, 7) is 6.67. The zero-order valence-electron chi connectivity index (χ0n) is 24.8. The van der Waals surface area contributed by atoms with Gasteiger partial charge in [0.05, 0.1) is 25.4 Å². The molecule has 8 heteroatoms. The summed E-state index contributed by atoms with van der Waals surface area (Å²) in [7, 11) is 0. The van der Waals surface area contributed by atoms with Crippen LogP contribution in [-0.4, -0.2) is 37.7 Å². The summed E-state index contributed by atoms with van der Waals surface area (Å²) in [6.07, 6.45) is 8.33. The number of benzene rings is 3. The third-order valence-electron chi connectivity index (χ3n) is 6.41. The Labute approximate surface area is 253 Å².